The van der Waals surface area contributed by atoms with Crippen LogP contribution >= 0.6 is 0 Å². The Bertz CT molecular complexity index is 446. The molecule has 0 bridgehead atoms. The van der Waals surface area contributed by atoms with E-state index in [-0.39, 0.29) is 11.4 Å². The Kier molecular flexibility index (Phi) is 4.55. The first-order valence-electron chi connectivity index (χ1n) is 5.11. The van der Waals surface area contributed by atoms with Crippen molar-refractivity contribution in [1.82, 2.24) is 4.57 Å². The molecule has 0 unspecified atom stereocenters. The average Bonchev–Trinajstić information content (AvgIpc) is 2.28. The summed E-state index contributed by atoms with van der Waals surface area (Å²) in [6, 6.07) is 4.45. The second-order valence-corrected chi connectivity index (χ2v) is 3.22. The smallest absolute Gasteiger partial charge is 0.271 e. The van der Waals surface area contributed by atoms with Crippen LogP contribution in [0.2, 0.25) is 0 Å². The fraction of sp³-hybridized carbons (Fsp3) is 0.455. The number of nitrogens with zero attached hydrogens (tertiary/aromatic N) is 2. The SMILES string of the molecule is CCOCCCn1c(O)ccc(C#N)c1=O. The van der Waals surface area contributed by atoms with Gasteiger partial charge in [-0.15, -0.1) is 0 Å². The van der Waals surface area contributed by atoms with E-state index < -0.39 is 5.56 Å². The molecule has 0 aromatic carbocycles. The van der Waals surface area contributed by atoms with E-state index in [1.807, 2.05) is 6.92 Å². The van der Waals surface area contributed by atoms with Gasteiger partial charge in [0.1, 0.15) is 11.6 Å². The Morgan fingerprint density at radius 3 is 2.94 bits per heavy atom. The van der Waals surface area contributed by atoms with Gasteiger partial charge in [-0.05, 0) is 25.5 Å². The predicted octanol–water partition coefficient (Wildman–Crippen LogP) is 0.852. The van der Waals surface area contributed by atoms with Gasteiger partial charge in [0.15, 0.2) is 5.88 Å². The van der Waals surface area contributed by atoms with Gasteiger partial charge < -0.3 is 9.84 Å². The standard InChI is InChI=1S/C11H14N2O3/c1-2-16-7-3-6-13-10(14)5-4-9(8-12)11(13)15/h4-5,14H,2-3,6-7H2,1H3. The van der Waals surface area contributed by atoms with Gasteiger partial charge >= 0.3 is 0 Å². The zero-order chi connectivity index (χ0) is 12.0. The van der Waals surface area contributed by atoms with Crippen molar-refractivity contribution in [2.45, 2.75) is 19.9 Å². The van der Waals surface area contributed by atoms with Gasteiger partial charge in [-0.1, -0.05) is 0 Å². The van der Waals surface area contributed by atoms with Crippen LogP contribution in [-0.4, -0.2) is 22.9 Å². The number of pyridine rings is 1. The Morgan fingerprint density at radius 1 is 1.56 bits per heavy atom. The van der Waals surface area contributed by atoms with E-state index in [0.29, 0.717) is 26.2 Å². The van der Waals surface area contributed by atoms with Crippen LogP contribution in [0.25, 0.3) is 0 Å². The molecule has 86 valence electrons. The van der Waals surface area contributed by atoms with Crippen molar-refractivity contribution < 1.29 is 9.84 Å². The average molecular weight is 222 g/mol. The van der Waals surface area contributed by atoms with E-state index in [1.165, 1.54) is 16.7 Å². The van der Waals surface area contributed by atoms with Crippen LogP contribution in [-0.2, 0) is 11.3 Å². The zero-order valence-electron chi connectivity index (χ0n) is 9.14. The van der Waals surface area contributed by atoms with E-state index in [1.54, 1.807) is 6.07 Å². The number of aromatic nitrogens is 1. The molecule has 0 amide bonds. The number of hydrogen-bond acceptors (Lipinski definition) is 4. The Morgan fingerprint density at radius 2 is 2.31 bits per heavy atom. The summed E-state index contributed by atoms with van der Waals surface area (Å²) in [5.41, 5.74) is -0.423. The highest BCUT2D eigenvalue weighted by Crippen LogP contribution is 2.06. The molecule has 0 fully saturated rings. The van der Waals surface area contributed by atoms with E-state index in [0.717, 1.165) is 0 Å². The van der Waals surface area contributed by atoms with Gasteiger partial charge in [0, 0.05) is 19.8 Å². The zero-order valence-corrected chi connectivity index (χ0v) is 9.14. The monoisotopic (exact) mass is 222 g/mol. The molecule has 0 spiro atoms. The summed E-state index contributed by atoms with van der Waals surface area (Å²) in [7, 11) is 0. The van der Waals surface area contributed by atoms with Gasteiger partial charge in [0.2, 0.25) is 0 Å². The Hall–Kier alpha value is -1.80. The lowest BCUT2D eigenvalue weighted by molar-refractivity contribution is 0.140. The third kappa shape index (κ3) is 2.84. The molecular weight excluding hydrogens is 208 g/mol. The molecule has 0 aliphatic carbocycles. The van der Waals surface area contributed by atoms with E-state index in [2.05, 4.69) is 0 Å². The van der Waals surface area contributed by atoms with Gasteiger partial charge in [-0.25, -0.2) is 0 Å². The number of nitriles is 1. The summed E-state index contributed by atoms with van der Waals surface area (Å²) >= 11 is 0. The molecule has 5 heteroatoms. The molecule has 0 atom stereocenters. The normalized spacial score (nSPS) is 10.0. The molecular formula is C11H14N2O3. The first kappa shape index (κ1) is 12.3. The molecule has 1 N–H and O–H groups in total. The fourth-order valence-electron chi connectivity index (χ4n) is 1.34. The second kappa shape index (κ2) is 5.93. The van der Waals surface area contributed by atoms with Crippen LogP contribution in [0.3, 0.4) is 0 Å². The lowest BCUT2D eigenvalue weighted by Gasteiger charge is -2.08. The summed E-state index contributed by atoms with van der Waals surface area (Å²) < 4.78 is 6.31. The number of aromatic hydroxyl groups is 1. The molecule has 16 heavy (non-hydrogen) atoms. The van der Waals surface area contributed by atoms with Gasteiger partial charge in [0.05, 0.1) is 0 Å². The van der Waals surface area contributed by atoms with Gasteiger partial charge in [0.25, 0.3) is 5.56 Å². The highest BCUT2D eigenvalue weighted by atomic mass is 16.5. The third-order valence-corrected chi connectivity index (χ3v) is 2.15. The molecule has 0 aliphatic heterocycles. The van der Waals surface area contributed by atoms with Crippen LogP contribution in [0.15, 0.2) is 16.9 Å². The van der Waals surface area contributed by atoms with Crippen LogP contribution in [0.1, 0.15) is 18.9 Å². The molecule has 1 rings (SSSR count). The molecule has 5 nitrogen and oxygen atoms in total. The summed E-state index contributed by atoms with van der Waals surface area (Å²) in [5, 5.41) is 18.2. The van der Waals surface area contributed by atoms with Crippen LogP contribution in [0.5, 0.6) is 5.88 Å². The Balaban J connectivity index is 2.79. The van der Waals surface area contributed by atoms with Crippen molar-refractivity contribution in [2.75, 3.05) is 13.2 Å². The minimum absolute atomic E-state index is 0.0363. The van der Waals surface area contributed by atoms with Crippen LogP contribution in [0.4, 0.5) is 0 Å². The van der Waals surface area contributed by atoms with Crippen LogP contribution < -0.4 is 5.56 Å². The highest BCUT2D eigenvalue weighted by molar-refractivity contribution is 5.29. The first-order chi connectivity index (χ1) is 7.70. The van der Waals surface area contributed by atoms with Gasteiger partial charge in [-0.3, -0.25) is 9.36 Å². The number of hydrogen-bond donors (Lipinski definition) is 1. The number of rotatable bonds is 5. The second-order valence-electron chi connectivity index (χ2n) is 3.22. The molecule has 1 aromatic heterocycles. The molecule has 0 saturated heterocycles. The minimum atomic E-state index is -0.459. The summed E-state index contributed by atoms with van der Waals surface area (Å²) in [4.78, 5) is 11.6. The topological polar surface area (TPSA) is 75.2 Å². The predicted molar refractivity (Wildman–Crippen MR) is 58.2 cm³/mol. The van der Waals surface area contributed by atoms with Crippen molar-refractivity contribution in [3.05, 3.63) is 28.0 Å². The van der Waals surface area contributed by atoms with Crippen molar-refractivity contribution in [1.29, 1.82) is 5.26 Å². The van der Waals surface area contributed by atoms with Crippen molar-refractivity contribution in [3.63, 3.8) is 0 Å². The molecule has 1 aromatic rings. The lowest BCUT2D eigenvalue weighted by Crippen LogP contribution is -2.22. The quantitative estimate of drug-likeness (QED) is 0.749. The lowest BCUT2D eigenvalue weighted by atomic mass is 10.3. The molecule has 0 saturated carbocycles. The maximum Gasteiger partial charge on any atom is 0.271 e. The van der Waals surface area contributed by atoms with E-state index in [9.17, 15) is 9.90 Å². The summed E-state index contributed by atoms with van der Waals surface area (Å²) in [5.74, 6) is -0.125. The molecule has 0 aliphatic rings. The minimum Gasteiger partial charge on any atom is -0.494 e. The largest absolute Gasteiger partial charge is 0.494 e. The molecule has 1 heterocycles. The fourth-order valence-corrected chi connectivity index (χ4v) is 1.34. The maximum absolute atomic E-state index is 11.6. The first-order valence-corrected chi connectivity index (χ1v) is 5.11. The van der Waals surface area contributed by atoms with Gasteiger partial charge in [-0.2, -0.15) is 5.26 Å². The summed E-state index contributed by atoms with van der Waals surface area (Å²) in [6.45, 7) is 3.39. The van der Waals surface area contributed by atoms with Crippen LogP contribution in [0, 0.1) is 11.3 Å². The maximum atomic E-state index is 11.6. The van der Waals surface area contributed by atoms with E-state index in [4.69, 9.17) is 10.00 Å². The third-order valence-electron chi connectivity index (χ3n) is 2.15. The van der Waals surface area contributed by atoms with Crippen molar-refractivity contribution in [2.24, 2.45) is 0 Å². The highest BCUT2D eigenvalue weighted by Gasteiger charge is 2.06. The van der Waals surface area contributed by atoms with Crippen molar-refractivity contribution in [3.8, 4) is 11.9 Å². The Labute approximate surface area is 93.5 Å². The summed E-state index contributed by atoms with van der Waals surface area (Å²) in [6.07, 6.45) is 0.621. The van der Waals surface area contributed by atoms with Crippen molar-refractivity contribution >= 4 is 0 Å². The molecule has 0 radical (unpaired) electrons. The number of ether oxygens (including phenoxy) is 1. The van der Waals surface area contributed by atoms with E-state index >= 15 is 0 Å².